The molecular weight excluding hydrogens is 355 g/mol. The van der Waals surface area contributed by atoms with Gasteiger partial charge in [-0.05, 0) is 24.3 Å². The number of benzene rings is 2. The van der Waals surface area contributed by atoms with Crippen LogP contribution in [0.15, 0.2) is 53.4 Å². The average Bonchev–Trinajstić information content (AvgIpc) is 2.58. The van der Waals surface area contributed by atoms with E-state index < -0.39 is 10.0 Å². The van der Waals surface area contributed by atoms with Gasteiger partial charge in [0.25, 0.3) is 0 Å². The minimum atomic E-state index is -3.63. The van der Waals surface area contributed by atoms with E-state index in [0.29, 0.717) is 26.2 Å². The van der Waals surface area contributed by atoms with Crippen LogP contribution in [0.25, 0.3) is 0 Å². The third kappa shape index (κ3) is 3.33. The van der Waals surface area contributed by atoms with Crippen LogP contribution in [0.3, 0.4) is 0 Å². The van der Waals surface area contributed by atoms with Crippen LogP contribution >= 0.6 is 23.2 Å². The van der Waals surface area contributed by atoms with Gasteiger partial charge < -0.3 is 4.90 Å². The van der Waals surface area contributed by atoms with E-state index in [-0.39, 0.29) is 14.9 Å². The maximum absolute atomic E-state index is 12.8. The minimum Gasteiger partial charge on any atom is -0.369 e. The van der Waals surface area contributed by atoms with Crippen molar-refractivity contribution in [1.29, 1.82) is 0 Å². The number of hydrogen-bond donors (Lipinski definition) is 0. The third-order valence-corrected chi connectivity index (χ3v) is 6.77. The molecule has 122 valence electrons. The van der Waals surface area contributed by atoms with Gasteiger partial charge in [-0.3, -0.25) is 0 Å². The fourth-order valence-electron chi connectivity index (χ4n) is 2.65. The van der Waals surface area contributed by atoms with Crippen molar-refractivity contribution in [2.75, 3.05) is 31.1 Å². The monoisotopic (exact) mass is 370 g/mol. The van der Waals surface area contributed by atoms with Gasteiger partial charge in [-0.25, -0.2) is 8.42 Å². The van der Waals surface area contributed by atoms with Crippen molar-refractivity contribution in [3.05, 3.63) is 58.6 Å². The molecule has 0 bridgehead atoms. The third-order valence-electron chi connectivity index (χ3n) is 3.89. The fraction of sp³-hybridized carbons (Fsp3) is 0.250. The number of sulfonamides is 1. The van der Waals surface area contributed by atoms with Crippen LogP contribution < -0.4 is 4.90 Å². The molecule has 1 aliphatic rings. The first kappa shape index (κ1) is 16.6. The Labute approximate surface area is 146 Å². The molecule has 0 unspecified atom stereocenters. The van der Waals surface area contributed by atoms with Gasteiger partial charge in [-0.2, -0.15) is 4.31 Å². The molecule has 3 rings (SSSR count). The second-order valence-electron chi connectivity index (χ2n) is 5.28. The van der Waals surface area contributed by atoms with E-state index in [2.05, 4.69) is 4.90 Å². The molecule has 1 fully saturated rings. The number of rotatable bonds is 3. The second-order valence-corrected chi connectivity index (χ2v) is 7.97. The summed E-state index contributed by atoms with van der Waals surface area (Å²) in [5.74, 6) is 0. The van der Waals surface area contributed by atoms with Crippen molar-refractivity contribution in [3.63, 3.8) is 0 Å². The molecule has 2 aromatic carbocycles. The summed E-state index contributed by atoms with van der Waals surface area (Å²) in [6.07, 6.45) is 0. The number of halogens is 2. The molecule has 0 aromatic heterocycles. The molecule has 2 aromatic rings. The molecule has 0 saturated carbocycles. The first-order valence-electron chi connectivity index (χ1n) is 7.24. The SMILES string of the molecule is O=S(=O)(c1cccc(Cl)c1Cl)N1CCN(c2ccccc2)CC1. The lowest BCUT2D eigenvalue weighted by molar-refractivity contribution is 0.385. The summed E-state index contributed by atoms with van der Waals surface area (Å²) in [7, 11) is -3.63. The van der Waals surface area contributed by atoms with Gasteiger partial charge in [-0.15, -0.1) is 0 Å². The van der Waals surface area contributed by atoms with E-state index in [0.717, 1.165) is 5.69 Å². The van der Waals surface area contributed by atoms with E-state index in [4.69, 9.17) is 23.2 Å². The summed E-state index contributed by atoms with van der Waals surface area (Å²) in [4.78, 5) is 2.24. The fourth-order valence-corrected chi connectivity index (χ4v) is 4.81. The van der Waals surface area contributed by atoms with Crippen molar-refractivity contribution in [2.24, 2.45) is 0 Å². The maximum Gasteiger partial charge on any atom is 0.244 e. The van der Waals surface area contributed by atoms with E-state index in [1.807, 2.05) is 30.3 Å². The normalized spacial score (nSPS) is 16.5. The van der Waals surface area contributed by atoms with Crippen LogP contribution in [0.4, 0.5) is 5.69 Å². The summed E-state index contributed by atoms with van der Waals surface area (Å²) in [5, 5.41) is 0.329. The lowest BCUT2D eigenvalue weighted by atomic mass is 10.2. The van der Waals surface area contributed by atoms with Crippen molar-refractivity contribution < 1.29 is 8.42 Å². The topological polar surface area (TPSA) is 40.6 Å². The summed E-state index contributed by atoms with van der Waals surface area (Å²) in [6, 6.07) is 14.6. The van der Waals surface area contributed by atoms with E-state index >= 15 is 0 Å². The zero-order valence-electron chi connectivity index (χ0n) is 12.3. The van der Waals surface area contributed by atoms with Gasteiger partial charge in [0.1, 0.15) is 4.90 Å². The molecule has 0 aliphatic carbocycles. The molecule has 0 atom stereocenters. The standard InChI is InChI=1S/C16H16Cl2N2O2S/c17-14-7-4-8-15(16(14)18)23(21,22)20-11-9-19(10-12-20)13-5-2-1-3-6-13/h1-8H,9-12H2. The van der Waals surface area contributed by atoms with E-state index in [9.17, 15) is 8.42 Å². The summed E-state index contributed by atoms with van der Waals surface area (Å²) in [5.41, 5.74) is 1.10. The van der Waals surface area contributed by atoms with Crippen molar-refractivity contribution >= 4 is 38.9 Å². The van der Waals surface area contributed by atoms with Gasteiger partial charge in [0.05, 0.1) is 10.0 Å². The zero-order chi connectivity index (χ0) is 16.4. The number of para-hydroxylation sites is 1. The van der Waals surface area contributed by atoms with E-state index in [1.165, 1.54) is 10.4 Å². The van der Waals surface area contributed by atoms with Crippen molar-refractivity contribution in [3.8, 4) is 0 Å². The molecule has 0 radical (unpaired) electrons. The Morgan fingerprint density at radius 3 is 2.13 bits per heavy atom. The second kappa shape index (κ2) is 6.69. The molecule has 1 heterocycles. The van der Waals surface area contributed by atoms with Crippen LogP contribution in [0.1, 0.15) is 0 Å². The highest BCUT2D eigenvalue weighted by molar-refractivity contribution is 7.89. The van der Waals surface area contributed by atoms with Gasteiger partial charge >= 0.3 is 0 Å². The Hall–Kier alpha value is -1.27. The van der Waals surface area contributed by atoms with Crippen LogP contribution in [-0.4, -0.2) is 38.9 Å². The number of piperazine rings is 1. The molecule has 1 saturated heterocycles. The van der Waals surface area contributed by atoms with Gasteiger partial charge in [0.2, 0.25) is 10.0 Å². The highest BCUT2D eigenvalue weighted by atomic mass is 35.5. The molecule has 7 heteroatoms. The maximum atomic E-state index is 12.8. The predicted octanol–water partition coefficient (Wildman–Crippen LogP) is 3.50. The van der Waals surface area contributed by atoms with Crippen LogP contribution in [0, 0.1) is 0 Å². The largest absolute Gasteiger partial charge is 0.369 e. The Bertz CT molecular complexity index is 789. The molecule has 23 heavy (non-hydrogen) atoms. The molecule has 1 aliphatic heterocycles. The quantitative estimate of drug-likeness (QED) is 0.829. The lowest BCUT2D eigenvalue weighted by Gasteiger charge is -2.35. The summed E-state index contributed by atoms with van der Waals surface area (Å²) in [6.45, 7) is 2.11. The highest BCUT2D eigenvalue weighted by Gasteiger charge is 2.30. The van der Waals surface area contributed by atoms with Crippen LogP contribution in [0.5, 0.6) is 0 Å². The van der Waals surface area contributed by atoms with Crippen molar-refractivity contribution in [2.45, 2.75) is 4.90 Å². The minimum absolute atomic E-state index is 0.0693. The van der Waals surface area contributed by atoms with Crippen LogP contribution in [-0.2, 0) is 10.0 Å². The highest BCUT2D eigenvalue weighted by Crippen LogP contribution is 2.31. The van der Waals surface area contributed by atoms with Gasteiger partial charge in [0.15, 0.2) is 0 Å². The molecule has 0 N–H and O–H groups in total. The van der Waals surface area contributed by atoms with Crippen molar-refractivity contribution in [1.82, 2.24) is 4.31 Å². The molecule has 0 amide bonds. The predicted molar refractivity (Wildman–Crippen MR) is 93.9 cm³/mol. The molecular formula is C16H16Cl2N2O2S. The Kier molecular flexibility index (Phi) is 4.82. The number of nitrogens with zero attached hydrogens (tertiary/aromatic N) is 2. The summed E-state index contributed by atoms with van der Waals surface area (Å²) >= 11 is 12.0. The lowest BCUT2D eigenvalue weighted by Crippen LogP contribution is -2.48. The molecule has 0 spiro atoms. The average molecular weight is 371 g/mol. The first-order valence-corrected chi connectivity index (χ1v) is 9.44. The Morgan fingerprint density at radius 1 is 0.826 bits per heavy atom. The number of hydrogen-bond acceptors (Lipinski definition) is 3. The summed E-state index contributed by atoms with van der Waals surface area (Å²) < 4.78 is 27.0. The van der Waals surface area contributed by atoms with E-state index in [1.54, 1.807) is 12.1 Å². The zero-order valence-corrected chi connectivity index (χ0v) is 14.7. The molecule has 4 nitrogen and oxygen atoms in total. The Balaban J connectivity index is 1.78. The number of anilines is 1. The van der Waals surface area contributed by atoms with Gasteiger partial charge in [-0.1, -0.05) is 47.5 Å². The first-order chi connectivity index (χ1) is 11.0. The Morgan fingerprint density at radius 2 is 1.48 bits per heavy atom. The smallest absolute Gasteiger partial charge is 0.244 e. The van der Waals surface area contributed by atoms with Crippen LogP contribution in [0.2, 0.25) is 10.0 Å². The van der Waals surface area contributed by atoms with Gasteiger partial charge in [0, 0.05) is 31.9 Å².